The van der Waals surface area contributed by atoms with Gasteiger partial charge in [-0.25, -0.2) is 4.98 Å². The van der Waals surface area contributed by atoms with Gasteiger partial charge in [-0.1, -0.05) is 182 Å². The van der Waals surface area contributed by atoms with Gasteiger partial charge >= 0.3 is 0 Å². The molecule has 0 unspecified atom stereocenters. The second-order valence-corrected chi connectivity index (χ2v) is 14.1. The number of rotatable bonds is 7. The molecule has 10 rings (SSSR count). The lowest BCUT2D eigenvalue weighted by molar-refractivity contribution is 0.768. The van der Waals surface area contributed by atoms with Crippen LogP contribution in [0.1, 0.15) is 22.3 Å². The lowest BCUT2D eigenvalue weighted by atomic mass is 9.67. The summed E-state index contributed by atoms with van der Waals surface area (Å²) in [5, 5.41) is 0. The minimum Gasteiger partial charge on any atom is -0.264 e. The number of benzene rings is 7. The first kappa shape index (κ1) is 32.5. The molecule has 0 saturated carbocycles. The van der Waals surface area contributed by atoms with E-state index in [0.717, 1.165) is 50.3 Å². The molecule has 0 N–H and O–H groups in total. The number of hydrogen-bond donors (Lipinski definition) is 0. The molecule has 0 spiro atoms. The van der Waals surface area contributed by atoms with Gasteiger partial charge in [0.05, 0.1) is 16.8 Å². The van der Waals surface area contributed by atoms with E-state index in [-0.39, 0.29) is 0 Å². The fourth-order valence-electron chi connectivity index (χ4n) is 8.66. The highest BCUT2D eigenvalue weighted by Gasteiger charge is 2.47. The van der Waals surface area contributed by atoms with Gasteiger partial charge in [0.15, 0.2) is 0 Å². The summed E-state index contributed by atoms with van der Waals surface area (Å²) in [7, 11) is 0. The van der Waals surface area contributed by atoms with Gasteiger partial charge in [-0.05, 0) is 85.5 Å². The first-order valence-corrected chi connectivity index (χ1v) is 18.8. The van der Waals surface area contributed by atoms with Crippen LogP contribution in [0.25, 0.3) is 67.0 Å². The molecule has 2 nitrogen and oxygen atoms in total. The minimum absolute atomic E-state index is 0.499. The molecule has 0 aliphatic heterocycles. The van der Waals surface area contributed by atoms with Crippen molar-refractivity contribution >= 4 is 0 Å². The molecule has 1 aliphatic rings. The van der Waals surface area contributed by atoms with E-state index in [1.165, 1.54) is 38.9 Å². The summed E-state index contributed by atoms with van der Waals surface area (Å²) in [6.07, 6.45) is 3.86. The van der Waals surface area contributed by atoms with Crippen LogP contribution in [0.4, 0.5) is 0 Å². The predicted octanol–water partition coefficient (Wildman–Crippen LogP) is 13.2. The van der Waals surface area contributed by atoms with E-state index in [0.29, 0.717) is 0 Å². The van der Waals surface area contributed by atoms with Crippen molar-refractivity contribution in [2.24, 2.45) is 0 Å². The molecule has 0 amide bonds. The third kappa shape index (κ3) is 5.50. The van der Waals surface area contributed by atoms with Gasteiger partial charge in [0.2, 0.25) is 0 Å². The maximum Gasteiger partial charge on any atom is 0.0715 e. The zero-order valence-electron chi connectivity index (χ0n) is 30.2. The maximum absolute atomic E-state index is 5.28. The number of aromatic nitrogens is 2. The van der Waals surface area contributed by atoms with E-state index in [1.54, 1.807) is 0 Å². The van der Waals surface area contributed by atoms with Crippen LogP contribution in [-0.4, -0.2) is 9.97 Å². The Morgan fingerprint density at radius 3 is 1.56 bits per heavy atom. The summed E-state index contributed by atoms with van der Waals surface area (Å²) in [5.41, 5.74) is 17.9. The summed E-state index contributed by atoms with van der Waals surface area (Å²) in [6.45, 7) is 0. The molecule has 2 heterocycles. The lowest BCUT2D eigenvalue weighted by Gasteiger charge is -2.34. The molecule has 0 radical (unpaired) electrons. The van der Waals surface area contributed by atoms with Crippen molar-refractivity contribution in [2.45, 2.75) is 5.41 Å². The number of nitrogens with zero attached hydrogens (tertiary/aromatic N) is 2. The molecule has 1 aliphatic carbocycles. The van der Waals surface area contributed by atoms with E-state index in [9.17, 15) is 0 Å². The van der Waals surface area contributed by atoms with Gasteiger partial charge < -0.3 is 0 Å². The molecule has 7 aromatic carbocycles. The second-order valence-electron chi connectivity index (χ2n) is 14.1. The average Bonchev–Trinajstić information content (AvgIpc) is 3.58. The van der Waals surface area contributed by atoms with Crippen molar-refractivity contribution < 1.29 is 0 Å². The third-order valence-corrected chi connectivity index (χ3v) is 11.0. The summed E-state index contributed by atoms with van der Waals surface area (Å²) >= 11 is 0. The molecule has 0 atom stereocenters. The maximum atomic E-state index is 5.28. The Bertz CT molecular complexity index is 2680. The quantitative estimate of drug-likeness (QED) is 0.165. The van der Waals surface area contributed by atoms with Crippen LogP contribution >= 0.6 is 0 Å². The van der Waals surface area contributed by atoms with Gasteiger partial charge in [-0.15, -0.1) is 0 Å². The molecule has 9 aromatic rings. The highest BCUT2D eigenvalue weighted by atomic mass is 14.7. The van der Waals surface area contributed by atoms with Crippen LogP contribution < -0.4 is 0 Å². The Morgan fingerprint density at radius 2 is 0.891 bits per heavy atom. The standard InChI is InChI=1S/C53H36N2/c1-5-17-37(18-6-1)42-34-49(38-19-7-2-8-20-38)55-50(35-42)40-22-15-21-39(33-40)45-30-31-48-52(51(45)41-23-16-32-54-36-41)46-28-13-14-29-47(46)53(48,43-24-9-3-10-25-43)44-26-11-4-12-27-44/h1-36H. The Morgan fingerprint density at radius 1 is 0.327 bits per heavy atom. The first-order valence-electron chi connectivity index (χ1n) is 18.8. The fourth-order valence-corrected chi connectivity index (χ4v) is 8.66. The van der Waals surface area contributed by atoms with Crippen molar-refractivity contribution in [1.29, 1.82) is 0 Å². The molecule has 2 heteroatoms. The minimum atomic E-state index is -0.499. The van der Waals surface area contributed by atoms with Gasteiger partial charge in [-0.3, -0.25) is 4.98 Å². The normalized spacial score (nSPS) is 12.5. The van der Waals surface area contributed by atoms with Crippen molar-refractivity contribution in [2.75, 3.05) is 0 Å². The van der Waals surface area contributed by atoms with Gasteiger partial charge in [0, 0.05) is 29.1 Å². The van der Waals surface area contributed by atoms with Crippen molar-refractivity contribution in [3.63, 3.8) is 0 Å². The topological polar surface area (TPSA) is 25.8 Å². The average molecular weight is 701 g/mol. The molecule has 55 heavy (non-hydrogen) atoms. The van der Waals surface area contributed by atoms with Crippen LogP contribution in [0.15, 0.2) is 219 Å². The number of hydrogen-bond acceptors (Lipinski definition) is 2. The Labute approximate surface area is 322 Å². The van der Waals surface area contributed by atoms with Gasteiger partial charge in [-0.2, -0.15) is 0 Å². The van der Waals surface area contributed by atoms with Gasteiger partial charge in [0.25, 0.3) is 0 Å². The number of fused-ring (bicyclic) bond motifs is 3. The van der Waals surface area contributed by atoms with E-state index in [4.69, 9.17) is 4.98 Å². The van der Waals surface area contributed by atoms with E-state index in [1.807, 2.05) is 24.5 Å². The SMILES string of the molecule is c1ccc(-c2cc(-c3ccccc3)nc(-c3cccc(-c4ccc5c(c4-c4cccnc4)-c4ccccc4C5(c4ccccc4)c4ccccc4)c3)c2)cc1. The zero-order valence-corrected chi connectivity index (χ0v) is 30.2. The monoisotopic (exact) mass is 700 g/mol. The van der Waals surface area contributed by atoms with Crippen molar-refractivity contribution in [3.05, 3.63) is 241 Å². The van der Waals surface area contributed by atoms with Crippen molar-refractivity contribution in [1.82, 2.24) is 9.97 Å². The molecule has 258 valence electrons. The van der Waals surface area contributed by atoms with Crippen LogP contribution in [0, 0.1) is 0 Å². The molecular formula is C53H36N2. The molecular weight excluding hydrogens is 665 g/mol. The fraction of sp³-hybridized carbons (Fsp3) is 0.0189. The van der Waals surface area contributed by atoms with Crippen LogP contribution in [0.3, 0.4) is 0 Å². The summed E-state index contributed by atoms with van der Waals surface area (Å²) < 4.78 is 0. The third-order valence-electron chi connectivity index (χ3n) is 11.0. The Balaban J connectivity index is 1.22. The molecule has 0 bridgehead atoms. The Hall–Kier alpha value is -7.16. The first-order chi connectivity index (χ1) is 27.3. The second kappa shape index (κ2) is 13.7. The molecule has 2 aromatic heterocycles. The molecule has 0 fully saturated rings. The van der Waals surface area contributed by atoms with E-state index in [2.05, 4.69) is 199 Å². The predicted molar refractivity (Wildman–Crippen MR) is 227 cm³/mol. The van der Waals surface area contributed by atoms with Crippen LogP contribution in [-0.2, 0) is 5.41 Å². The van der Waals surface area contributed by atoms with Gasteiger partial charge in [0.1, 0.15) is 0 Å². The van der Waals surface area contributed by atoms with E-state index < -0.39 is 5.41 Å². The van der Waals surface area contributed by atoms with Crippen molar-refractivity contribution in [3.8, 4) is 67.0 Å². The zero-order chi connectivity index (χ0) is 36.6. The summed E-state index contributed by atoms with van der Waals surface area (Å²) in [6, 6.07) is 74.2. The summed E-state index contributed by atoms with van der Waals surface area (Å²) in [4.78, 5) is 9.94. The van der Waals surface area contributed by atoms with E-state index >= 15 is 0 Å². The highest BCUT2D eigenvalue weighted by molar-refractivity contribution is 6.02. The largest absolute Gasteiger partial charge is 0.264 e. The summed E-state index contributed by atoms with van der Waals surface area (Å²) in [5.74, 6) is 0. The van der Waals surface area contributed by atoms with Crippen LogP contribution in [0.2, 0.25) is 0 Å². The molecule has 0 saturated heterocycles. The highest BCUT2D eigenvalue weighted by Crippen LogP contribution is 2.59. The van der Waals surface area contributed by atoms with Crippen LogP contribution in [0.5, 0.6) is 0 Å². The Kier molecular flexibility index (Phi) is 8.08. The lowest BCUT2D eigenvalue weighted by Crippen LogP contribution is -2.28. The smallest absolute Gasteiger partial charge is 0.0715 e. The number of pyridine rings is 2.